The monoisotopic (exact) mass is 337 g/mol. The molecule has 0 spiro atoms. The van der Waals surface area contributed by atoms with E-state index in [2.05, 4.69) is 5.32 Å². The molecule has 0 aliphatic heterocycles. The molecule has 0 heterocycles. The van der Waals surface area contributed by atoms with Gasteiger partial charge in [-0.25, -0.2) is 9.18 Å². The minimum absolute atomic E-state index is 0.135. The zero-order valence-electron chi connectivity index (χ0n) is 13.5. The molecule has 0 amide bonds. The number of halogens is 1. The lowest BCUT2D eigenvalue weighted by Crippen LogP contribution is -2.03. The van der Waals surface area contributed by atoms with E-state index in [-0.39, 0.29) is 11.4 Å². The number of aromatic carboxylic acids is 1. The maximum Gasteiger partial charge on any atom is 0.337 e. The molecule has 0 saturated carbocycles. The molecule has 0 fully saturated rings. The first-order chi connectivity index (χ1) is 12.1. The summed E-state index contributed by atoms with van der Waals surface area (Å²) in [5.41, 5.74) is 2.91. The molecule has 5 heteroatoms. The Kier molecular flexibility index (Phi) is 4.66. The number of carboxylic acids is 1. The first-order valence-electron chi connectivity index (χ1n) is 7.61. The normalized spacial score (nSPS) is 10.3. The average molecular weight is 337 g/mol. The third-order valence-electron chi connectivity index (χ3n) is 3.78. The number of methoxy groups -OCH3 is 1. The van der Waals surface area contributed by atoms with Gasteiger partial charge < -0.3 is 15.2 Å². The number of benzene rings is 3. The van der Waals surface area contributed by atoms with Crippen molar-refractivity contribution in [1.82, 2.24) is 0 Å². The summed E-state index contributed by atoms with van der Waals surface area (Å²) >= 11 is 0. The van der Waals surface area contributed by atoms with Gasteiger partial charge in [0.25, 0.3) is 0 Å². The van der Waals surface area contributed by atoms with Gasteiger partial charge in [0.15, 0.2) is 0 Å². The minimum atomic E-state index is -1.04. The van der Waals surface area contributed by atoms with Crippen LogP contribution in [-0.2, 0) is 0 Å². The van der Waals surface area contributed by atoms with Crippen LogP contribution in [0.1, 0.15) is 10.4 Å². The Morgan fingerprint density at radius 3 is 2.40 bits per heavy atom. The number of hydrogen-bond donors (Lipinski definition) is 2. The van der Waals surface area contributed by atoms with Crippen molar-refractivity contribution < 1.29 is 19.0 Å². The van der Waals surface area contributed by atoms with E-state index in [4.69, 9.17) is 4.74 Å². The second-order valence-corrected chi connectivity index (χ2v) is 5.43. The van der Waals surface area contributed by atoms with Gasteiger partial charge in [-0.05, 0) is 59.7 Å². The lowest BCUT2D eigenvalue weighted by molar-refractivity contribution is 0.0698. The van der Waals surface area contributed by atoms with Crippen molar-refractivity contribution in [3.63, 3.8) is 0 Å². The molecule has 3 aromatic rings. The van der Waals surface area contributed by atoms with Crippen LogP contribution in [-0.4, -0.2) is 18.2 Å². The first-order valence-corrected chi connectivity index (χ1v) is 7.61. The van der Waals surface area contributed by atoms with Crippen LogP contribution in [0.3, 0.4) is 0 Å². The van der Waals surface area contributed by atoms with Crippen LogP contribution in [0.15, 0.2) is 66.7 Å². The number of anilines is 2. The molecule has 25 heavy (non-hydrogen) atoms. The van der Waals surface area contributed by atoms with Gasteiger partial charge in [0.1, 0.15) is 11.6 Å². The van der Waals surface area contributed by atoms with E-state index in [1.807, 2.05) is 24.3 Å². The van der Waals surface area contributed by atoms with Crippen molar-refractivity contribution in [3.8, 4) is 16.9 Å². The van der Waals surface area contributed by atoms with Crippen LogP contribution in [0.2, 0.25) is 0 Å². The Bertz CT molecular complexity index is 907. The number of hydrogen-bond acceptors (Lipinski definition) is 3. The van der Waals surface area contributed by atoms with Gasteiger partial charge >= 0.3 is 5.97 Å². The highest BCUT2D eigenvalue weighted by atomic mass is 19.1. The molecule has 4 nitrogen and oxygen atoms in total. The largest absolute Gasteiger partial charge is 0.497 e. The lowest BCUT2D eigenvalue weighted by Gasteiger charge is -2.12. The predicted molar refractivity (Wildman–Crippen MR) is 95.1 cm³/mol. The molecule has 2 N–H and O–H groups in total. The van der Waals surface area contributed by atoms with Gasteiger partial charge in [0, 0.05) is 5.69 Å². The summed E-state index contributed by atoms with van der Waals surface area (Å²) in [5, 5.41) is 12.5. The average Bonchev–Trinajstić information content (AvgIpc) is 2.63. The molecular formula is C20H16FNO3. The molecule has 0 aliphatic carbocycles. The van der Waals surface area contributed by atoms with Crippen molar-refractivity contribution in [1.29, 1.82) is 0 Å². The topological polar surface area (TPSA) is 58.6 Å². The number of carbonyl (C=O) groups is 1. The second-order valence-electron chi connectivity index (χ2n) is 5.43. The SMILES string of the molecule is COc1cccc(-c2ccc(C(=O)O)c(Nc3ccc(F)cc3)c2)c1. The van der Waals surface area contributed by atoms with E-state index in [0.29, 0.717) is 17.1 Å². The van der Waals surface area contributed by atoms with Gasteiger partial charge in [-0.3, -0.25) is 0 Å². The Labute approximate surface area is 144 Å². The Balaban J connectivity index is 2.02. The fraction of sp³-hybridized carbons (Fsp3) is 0.0500. The number of nitrogens with one attached hydrogen (secondary N) is 1. The Morgan fingerprint density at radius 2 is 1.72 bits per heavy atom. The molecule has 0 unspecified atom stereocenters. The number of carboxylic acid groups (broad SMARTS) is 1. The van der Waals surface area contributed by atoms with E-state index >= 15 is 0 Å². The predicted octanol–water partition coefficient (Wildman–Crippen LogP) is 4.94. The minimum Gasteiger partial charge on any atom is -0.497 e. The molecule has 0 atom stereocenters. The number of ether oxygens (including phenoxy) is 1. The van der Waals surface area contributed by atoms with Gasteiger partial charge in [0.05, 0.1) is 18.4 Å². The summed E-state index contributed by atoms with van der Waals surface area (Å²) in [6, 6.07) is 18.3. The van der Waals surface area contributed by atoms with E-state index in [1.165, 1.54) is 12.1 Å². The van der Waals surface area contributed by atoms with Crippen molar-refractivity contribution >= 4 is 17.3 Å². The summed E-state index contributed by atoms with van der Waals surface area (Å²) in [4.78, 5) is 11.5. The smallest absolute Gasteiger partial charge is 0.337 e. The third-order valence-corrected chi connectivity index (χ3v) is 3.78. The molecule has 0 radical (unpaired) electrons. The van der Waals surface area contributed by atoms with Crippen LogP contribution >= 0.6 is 0 Å². The molecule has 3 rings (SSSR count). The summed E-state index contributed by atoms with van der Waals surface area (Å²) in [6.07, 6.45) is 0. The van der Waals surface area contributed by atoms with Crippen LogP contribution < -0.4 is 10.1 Å². The second kappa shape index (κ2) is 7.05. The van der Waals surface area contributed by atoms with Crippen molar-refractivity contribution in [2.75, 3.05) is 12.4 Å². The summed E-state index contributed by atoms with van der Waals surface area (Å²) in [5.74, 6) is -0.677. The van der Waals surface area contributed by atoms with Crippen molar-refractivity contribution in [2.45, 2.75) is 0 Å². The van der Waals surface area contributed by atoms with Gasteiger partial charge in [0.2, 0.25) is 0 Å². The fourth-order valence-corrected chi connectivity index (χ4v) is 2.51. The maximum atomic E-state index is 13.1. The highest BCUT2D eigenvalue weighted by molar-refractivity contribution is 5.96. The van der Waals surface area contributed by atoms with Gasteiger partial charge in [-0.15, -0.1) is 0 Å². The quantitative estimate of drug-likeness (QED) is 0.692. The summed E-state index contributed by atoms with van der Waals surface area (Å²) < 4.78 is 18.3. The van der Waals surface area contributed by atoms with Crippen molar-refractivity contribution in [2.24, 2.45) is 0 Å². The molecule has 3 aromatic carbocycles. The molecular weight excluding hydrogens is 321 g/mol. The zero-order chi connectivity index (χ0) is 17.8. The van der Waals surface area contributed by atoms with Crippen LogP contribution in [0.5, 0.6) is 5.75 Å². The Morgan fingerprint density at radius 1 is 1.00 bits per heavy atom. The summed E-state index contributed by atoms with van der Waals surface area (Å²) in [7, 11) is 1.59. The van der Waals surface area contributed by atoms with E-state index in [9.17, 15) is 14.3 Å². The molecule has 0 aromatic heterocycles. The fourth-order valence-electron chi connectivity index (χ4n) is 2.51. The standard InChI is InChI=1S/C20H16FNO3/c1-25-17-4-2-3-13(11-17)14-5-10-18(20(23)24)19(12-14)22-16-8-6-15(21)7-9-16/h2-12,22H,1H3,(H,23,24). The van der Waals surface area contributed by atoms with Crippen molar-refractivity contribution in [3.05, 3.63) is 78.1 Å². The zero-order valence-corrected chi connectivity index (χ0v) is 13.5. The maximum absolute atomic E-state index is 13.1. The number of rotatable bonds is 5. The molecule has 126 valence electrons. The highest BCUT2D eigenvalue weighted by Gasteiger charge is 2.12. The van der Waals surface area contributed by atoms with Crippen LogP contribution in [0.4, 0.5) is 15.8 Å². The molecule has 0 aliphatic rings. The van der Waals surface area contributed by atoms with Gasteiger partial charge in [-0.1, -0.05) is 18.2 Å². The first kappa shape index (κ1) is 16.5. The Hall–Kier alpha value is -3.34. The lowest BCUT2D eigenvalue weighted by atomic mass is 10.0. The highest BCUT2D eigenvalue weighted by Crippen LogP contribution is 2.30. The van der Waals surface area contributed by atoms with Crippen LogP contribution in [0, 0.1) is 5.82 Å². The van der Waals surface area contributed by atoms with E-state index in [1.54, 1.807) is 37.4 Å². The summed E-state index contributed by atoms with van der Waals surface area (Å²) in [6.45, 7) is 0. The van der Waals surface area contributed by atoms with Gasteiger partial charge in [-0.2, -0.15) is 0 Å². The van der Waals surface area contributed by atoms with E-state index in [0.717, 1.165) is 11.1 Å². The molecule has 0 bridgehead atoms. The third kappa shape index (κ3) is 3.77. The van der Waals surface area contributed by atoms with Crippen LogP contribution in [0.25, 0.3) is 11.1 Å². The molecule has 0 saturated heterocycles. The van der Waals surface area contributed by atoms with E-state index < -0.39 is 5.97 Å².